The molecule has 2 aromatic heterocycles. The summed E-state index contributed by atoms with van der Waals surface area (Å²) in [4.78, 5) is 20.7. The van der Waals surface area contributed by atoms with Crippen LogP contribution in [0.1, 0.15) is 21.6 Å². The van der Waals surface area contributed by atoms with E-state index in [-0.39, 0.29) is 5.91 Å². The van der Waals surface area contributed by atoms with Crippen molar-refractivity contribution in [2.24, 2.45) is 0 Å². The Balaban J connectivity index is 1.47. The van der Waals surface area contributed by atoms with Gasteiger partial charge in [0.25, 0.3) is 5.91 Å². The minimum absolute atomic E-state index is 0.170. The summed E-state index contributed by atoms with van der Waals surface area (Å²) in [5.74, 6) is 1.42. The van der Waals surface area contributed by atoms with Crippen LogP contribution in [0.2, 0.25) is 0 Å². The van der Waals surface area contributed by atoms with Gasteiger partial charge >= 0.3 is 0 Å². The topological polar surface area (TPSA) is 76.1 Å². The first kappa shape index (κ1) is 18.4. The predicted octanol–water partition coefficient (Wildman–Crippen LogP) is 3.07. The first-order valence-corrected chi connectivity index (χ1v) is 8.75. The lowest BCUT2D eigenvalue weighted by Gasteiger charge is -2.08. The largest absolute Gasteiger partial charge is 0.497 e. The molecule has 138 valence electrons. The molecule has 0 saturated heterocycles. The maximum atomic E-state index is 12.2. The fourth-order valence-electron chi connectivity index (χ4n) is 2.57. The Bertz CT molecular complexity index is 867. The van der Waals surface area contributed by atoms with Crippen LogP contribution in [0.3, 0.4) is 0 Å². The molecule has 6 nitrogen and oxygen atoms in total. The minimum Gasteiger partial charge on any atom is -0.497 e. The van der Waals surface area contributed by atoms with E-state index in [0.717, 1.165) is 30.2 Å². The van der Waals surface area contributed by atoms with Gasteiger partial charge in [-0.2, -0.15) is 0 Å². The molecule has 27 heavy (non-hydrogen) atoms. The maximum absolute atomic E-state index is 12.2. The van der Waals surface area contributed by atoms with Crippen molar-refractivity contribution in [3.05, 3.63) is 83.8 Å². The van der Waals surface area contributed by atoms with Crippen LogP contribution >= 0.6 is 0 Å². The van der Waals surface area contributed by atoms with Crippen LogP contribution in [0, 0.1) is 0 Å². The zero-order chi connectivity index (χ0) is 18.9. The van der Waals surface area contributed by atoms with Gasteiger partial charge in [-0.1, -0.05) is 18.2 Å². The molecule has 1 aromatic carbocycles. The molecule has 0 unspecified atom stereocenters. The standard InChI is InChI=1S/C21H22N4O2/c1-27-19-7-4-5-16(13-19)10-12-23-20-9-8-17(14-24-20)21(26)25-15-18-6-2-3-11-22-18/h2-9,11,13-14H,10,12,15H2,1H3,(H,23,24)(H,25,26). The Hall–Kier alpha value is -3.41. The number of hydrogen-bond acceptors (Lipinski definition) is 5. The summed E-state index contributed by atoms with van der Waals surface area (Å²) in [6, 6.07) is 17.2. The van der Waals surface area contributed by atoms with E-state index in [9.17, 15) is 4.79 Å². The Morgan fingerprint density at radius 3 is 2.74 bits per heavy atom. The number of ether oxygens (including phenoxy) is 1. The fourth-order valence-corrected chi connectivity index (χ4v) is 2.57. The van der Waals surface area contributed by atoms with Crippen molar-refractivity contribution < 1.29 is 9.53 Å². The molecular weight excluding hydrogens is 340 g/mol. The molecule has 0 radical (unpaired) electrons. The molecule has 2 heterocycles. The van der Waals surface area contributed by atoms with Crippen LogP contribution in [0.5, 0.6) is 5.75 Å². The number of carbonyl (C=O) groups excluding carboxylic acids is 1. The first-order valence-electron chi connectivity index (χ1n) is 8.75. The van der Waals surface area contributed by atoms with Crippen LogP contribution in [-0.4, -0.2) is 29.5 Å². The number of aromatic nitrogens is 2. The number of methoxy groups -OCH3 is 1. The second kappa shape index (κ2) is 9.33. The SMILES string of the molecule is COc1cccc(CCNc2ccc(C(=O)NCc3ccccn3)cn2)c1. The number of hydrogen-bond donors (Lipinski definition) is 2. The van der Waals surface area contributed by atoms with Crippen molar-refractivity contribution in [1.29, 1.82) is 0 Å². The number of nitrogens with one attached hydrogen (secondary N) is 2. The maximum Gasteiger partial charge on any atom is 0.253 e. The van der Waals surface area contributed by atoms with Gasteiger partial charge in [0.1, 0.15) is 11.6 Å². The average Bonchev–Trinajstić information content (AvgIpc) is 2.73. The predicted molar refractivity (Wildman–Crippen MR) is 105 cm³/mol. The molecule has 0 aliphatic heterocycles. The van der Waals surface area contributed by atoms with Crippen molar-refractivity contribution in [1.82, 2.24) is 15.3 Å². The number of benzene rings is 1. The van der Waals surface area contributed by atoms with Gasteiger partial charge in [0.15, 0.2) is 0 Å². The third-order valence-electron chi connectivity index (χ3n) is 4.04. The molecular formula is C21H22N4O2. The van der Waals surface area contributed by atoms with Crippen LogP contribution in [0.15, 0.2) is 67.0 Å². The molecule has 0 bridgehead atoms. The quantitative estimate of drug-likeness (QED) is 0.644. The van der Waals surface area contributed by atoms with E-state index in [2.05, 4.69) is 26.7 Å². The number of pyridine rings is 2. The molecule has 1 amide bonds. The van der Waals surface area contributed by atoms with Crippen LogP contribution in [0.25, 0.3) is 0 Å². The summed E-state index contributed by atoms with van der Waals surface area (Å²) >= 11 is 0. The van der Waals surface area contributed by atoms with Crippen molar-refractivity contribution in [2.45, 2.75) is 13.0 Å². The van der Waals surface area contributed by atoms with Crippen LogP contribution in [0.4, 0.5) is 5.82 Å². The minimum atomic E-state index is -0.170. The third-order valence-corrected chi connectivity index (χ3v) is 4.04. The number of nitrogens with zero attached hydrogens (tertiary/aromatic N) is 2. The summed E-state index contributed by atoms with van der Waals surface area (Å²) < 4.78 is 5.23. The summed E-state index contributed by atoms with van der Waals surface area (Å²) in [5, 5.41) is 6.10. The number of carbonyl (C=O) groups is 1. The highest BCUT2D eigenvalue weighted by Crippen LogP contribution is 2.13. The zero-order valence-corrected chi connectivity index (χ0v) is 15.2. The first-order chi connectivity index (χ1) is 13.2. The Morgan fingerprint density at radius 1 is 1.07 bits per heavy atom. The molecule has 0 saturated carbocycles. The Kier molecular flexibility index (Phi) is 6.35. The van der Waals surface area contributed by atoms with Gasteiger partial charge < -0.3 is 15.4 Å². The third kappa shape index (κ3) is 5.54. The molecule has 0 spiro atoms. The van der Waals surface area contributed by atoms with Gasteiger partial charge in [-0.3, -0.25) is 9.78 Å². The summed E-state index contributed by atoms with van der Waals surface area (Å²) in [6.07, 6.45) is 4.13. The van der Waals surface area contributed by atoms with Crippen LogP contribution in [-0.2, 0) is 13.0 Å². The lowest BCUT2D eigenvalue weighted by molar-refractivity contribution is 0.0950. The van der Waals surface area contributed by atoms with Crippen molar-refractivity contribution in [3.63, 3.8) is 0 Å². The highest BCUT2D eigenvalue weighted by Gasteiger charge is 2.06. The second-order valence-corrected chi connectivity index (χ2v) is 5.96. The lowest BCUT2D eigenvalue weighted by atomic mass is 10.1. The molecule has 0 aliphatic rings. The van der Waals surface area contributed by atoms with Gasteiger partial charge in [0.05, 0.1) is 24.9 Å². The Labute approximate surface area is 158 Å². The number of anilines is 1. The molecule has 6 heteroatoms. The number of rotatable bonds is 8. The summed E-state index contributed by atoms with van der Waals surface area (Å²) in [7, 11) is 1.66. The van der Waals surface area contributed by atoms with Gasteiger partial charge in [0, 0.05) is 18.9 Å². The van der Waals surface area contributed by atoms with Gasteiger partial charge in [0.2, 0.25) is 0 Å². The summed E-state index contributed by atoms with van der Waals surface area (Å²) in [6.45, 7) is 1.13. The van der Waals surface area contributed by atoms with E-state index < -0.39 is 0 Å². The van der Waals surface area contributed by atoms with E-state index in [1.165, 1.54) is 5.56 Å². The lowest BCUT2D eigenvalue weighted by Crippen LogP contribution is -2.23. The average molecular weight is 362 g/mol. The molecule has 3 rings (SSSR count). The highest BCUT2D eigenvalue weighted by atomic mass is 16.5. The molecule has 0 fully saturated rings. The summed E-state index contributed by atoms with van der Waals surface area (Å²) in [5.41, 5.74) is 2.52. The highest BCUT2D eigenvalue weighted by molar-refractivity contribution is 5.93. The zero-order valence-electron chi connectivity index (χ0n) is 15.2. The van der Waals surface area contributed by atoms with Gasteiger partial charge in [-0.25, -0.2) is 4.98 Å². The Morgan fingerprint density at radius 2 is 2.00 bits per heavy atom. The van der Waals surface area contributed by atoms with E-state index in [0.29, 0.717) is 12.1 Å². The van der Waals surface area contributed by atoms with Gasteiger partial charge in [-0.15, -0.1) is 0 Å². The molecule has 2 N–H and O–H groups in total. The fraction of sp³-hybridized carbons (Fsp3) is 0.190. The van der Waals surface area contributed by atoms with E-state index >= 15 is 0 Å². The van der Waals surface area contributed by atoms with Crippen molar-refractivity contribution in [3.8, 4) is 5.75 Å². The van der Waals surface area contributed by atoms with Crippen LogP contribution < -0.4 is 15.4 Å². The van der Waals surface area contributed by atoms with Gasteiger partial charge in [-0.05, 0) is 48.4 Å². The van der Waals surface area contributed by atoms with Crippen molar-refractivity contribution in [2.75, 3.05) is 19.0 Å². The monoisotopic (exact) mass is 362 g/mol. The molecule has 0 aliphatic carbocycles. The molecule has 3 aromatic rings. The smallest absolute Gasteiger partial charge is 0.253 e. The van der Waals surface area contributed by atoms with E-state index in [1.807, 2.05) is 36.4 Å². The normalized spacial score (nSPS) is 10.3. The van der Waals surface area contributed by atoms with E-state index in [1.54, 1.807) is 31.6 Å². The number of amides is 1. The second-order valence-electron chi connectivity index (χ2n) is 5.96. The van der Waals surface area contributed by atoms with Crippen molar-refractivity contribution >= 4 is 11.7 Å². The van der Waals surface area contributed by atoms with E-state index in [4.69, 9.17) is 4.74 Å². The molecule has 0 atom stereocenters.